The maximum Gasteiger partial charge on any atom is 0.160 e. The minimum atomic E-state index is 0.559. The summed E-state index contributed by atoms with van der Waals surface area (Å²) in [6, 6.07) is 8.85. The molecule has 1 aliphatic heterocycles. The molecule has 1 atom stereocenters. The third kappa shape index (κ3) is 2.59. The lowest BCUT2D eigenvalue weighted by Gasteiger charge is -2.12. The monoisotopic (exact) mass is 298 g/mol. The lowest BCUT2D eigenvalue weighted by molar-refractivity contribution is 0.569. The van der Waals surface area contributed by atoms with E-state index in [-0.39, 0.29) is 0 Å². The van der Waals surface area contributed by atoms with Crippen molar-refractivity contribution in [3.8, 4) is 0 Å². The van der Waals surface area contributed by atoms with Crippen molar-refractivity contribution < 1.29 is 0 Å². The summed E-state index contributed by atoms with van der Waals surface area (Å²) in [4.78, 5) is 10.7. The van der Waals surface area contributed by atoms with E-state index in [4.69, 9.17) is 4.98 Å². The van der Waals surface area contributed by atoms with Gasteiger partial charge in [0.15, 0.2) is 5.65 Å². The van der Waals surface area contributed by atoms with Crippen LogP contribution >= 0.6 is 11.3 Å². The number of nitrogens with zero attached hydrogens (tertiary/aromatic N) is 3. The van der Waals surface area contributed by atoms with Crippen LogP contribution in [0.5, 0.6) is 0 Å². The van der Waals surface area contributed by atoms with Gasteiger partial charge in [-0.1, -0.05) is 6.07 Å². The fourth-order valence-electron chi connectivity index (χ4n) is 3.04. The second-order valence-electron chi connectivity index (χ2n) is 5.54. The Bertz CT molecular complexity index is 726. The average molecular weight is 298 g/mol. The first-order valence-corrected chi connectivity index (χ1v) is 8.34. The minimum absolute atomic E-state index is 0.559. The van der Waals surface area contributed by atoms with Crippen molar-refractivity contribution in [1.82, 2.24) is 19.9 Å². The summed E-state index contributed by atoms with van der Waals surface area (Å²) in [5.41, 5.74) is 2.00. The molecule has 5 heteroatoms. The highest BCUT2D eigenvalue weighted by atomic mass is 32.1. The fourth-order valence-corrected chi connectivity index (χ4v) is 3.73. The van der Waals surface area contributed by atoms with Crippen LogP contribution in [0.3, 0.4) is 0 Å². The van der Waals surface area contributed by atoms with E-state index < -0.39 is 0 Å². The molecule has 3 aromatic rings. The van der Waals surface area contributed by atoms with E-state index in [0.717, 1.165) is 36.5 Å². The topological polar surface area (TPSA) is 42.7 Å². The van der Waals surface area contributed by atoms with Gasteiger partial charge < -0.3 is 9.88 Å². The van der Waals surface area contributed by atoms with E-state index >= 15 is 0 Å². The first-order chi connectivity index (χ1) is 10.4. The summed E-state index contributed by atoms with van der Waals surface area (Å²) in [6.07, 6.45) is 5.36. The van der Waals surface area contributed by atoms with Crippen LogP contribution in [0.1, 0.15) is 23.5 Å². The summed E-state index contributed by atoms with van der Waals surface area (Å²) in [6.45, 7) is 2.00. The average Bonchev–Trinajstić information content (AvgIpc) is 3.23. The van der Waals surface area contributed by atoms with Crippen molar-refractivity contribution in [1.29, 1.82) is 0 Å². The van der Waals surface area contributed by atoms with Gasteiger partial charge in [-0.05, 0) is 43.0 Å². The van der Waals surface area contributed by atoms with Gasteiger partial charge in [-0.3, -0.25) is 0 Å². The molecule has 0 saturated carbocycles. The van der Waals surface area contributed by atoms with Crippen LogP contribution in [-0.2, 0) is 13.0 Å². The Balaban J connectivity index is 1.73. The lowest BCUT2D eigenvalue weighted by atomic mass is 10.1. The maximum absolute atomic E-state index is 4.82. The number of hydrogen-bond acceptors (Lipinski definition) is 4. The molecule has 1 N–H and O–H groups in total. The molecule has 4 heterocycles. The molecule has 21 heavy (non-hydrogen) atoms. The quantitative estimate of drug-likeness (QED) is 0.805. The minimum Gasteiger partial charge on any atom is -0.314 e. The molecular weight excluding hydrogens is 280 g/mol. The molecule has 0 aliphatic carbocycles. The van der Waals surface area contributed by atoms with Crippen molar-refractivity contribution in [2.45, 2.75) is 31.8 Å². The zero-order chi connectivity index (χ0) is 14.1. The Morgan fingerprint density at radius 2 is 2.33 bits per heavy atom. The molecule has 0 aromatic carbocycles. The van der Waals surface area contributed by atoms with Crippen LogP contribution < -0.4 is 5.32 Å². The fraction of sp³-hybridized carbons (Fsp3) is 0.375. The number of rotatable bonds is 4. The standard InChI is InChI=1S/C16H18N4S/c1-4-12(17-7-1)10-15-19-14-6-2-8-18-16(14)20(15)11-13-5-3-9-21-13/h2-3,5-6,8-9,12,17H,1,4,7,10-11H2. The number of nitrogens with one attached hydrogen (secondary N) is 1. The van der Waals surface area contributed by atoms with Crippen LogP contribution in [0.15, 0.2) is 35.8 Å². The summed E-state index contributed by atoms with van der Waals surface area (Å²) >= 11 is 1.79. The summed E-state index contributed by atoms with van der Waals surface area (Å²) in [5.74, 6) is 1.15. The van der Waals surface area contributed by atoms with Gasteiger partial charge in [-0.25, -0.2) is 9.97 Å². The number of thiophene rings is 1. The number of imidazole rings is 1. The Morgan fingerprint density at radius 3 is 3.14 bits per heavy atom. The van der Waals surface area contributed by atoms with Crippen molar-refractivity contribution in [3.05, 3.63) is 46.5 Å². The highest BCUT2D eigenvalue weighted by Gasteiger charge is 2.19. The molecule has 0 radical (unpaired) electrons. The third-order valence-electron chi connectivity index (χ3n) is 4.07. The van der Waals surface area contributed by atoms with Gasteiger partial charge in [-0.2, -0.15) is 0 Å². The van der Waals surface area contributed by atoms with E-state index in [1.54, 1.807) is 11.3 Å². The number of fused-ring (bicyclic) bond motifs is 1. The van der Waals surface area contributed by atoms with Crippen molar-refractivity contribution in [2.24, 2.45) is 0 Å². The van der Waals surface area contributed by atoms with E-state index in [0.29, 0.717) is 6.04 Å². The molecule has 108 valence electrons. The predicted octanol–water partition coefficient (Wildman–Crippen LogP) is 2.84. The molecule has 1 fully saturated rings. The van der Waals surface area contributed by atoms with Crippen LogP contribution in [0.4, 0.5) is 0 Å². The first kappa shape index (κ1) is 13.0. The highest BCUT2D eigenvalue weighted by molar-refractivity contribution is 7.09. The second kappa shape index (κ2) is 5.58. The molecule has 3 aromatic heterocycles. The Hall–Kier alpha value is -1.72. The second-order valence-corrected chi connectivity index (χ2v) is 6.57. The zero-order valence-corrected chi connectivity index (χ0v) is 12.6. The van der Waals surface area contributed by atoms with Gasteiger partial charge in [0, 0.05) is 23.5 Å². The van der Waals surface area contributed by atoms with Crippen molar-refractivity contribution >= 4 is 22.5 Å². The van der Waals surface area contributed by atoms with Crippen LogP contribution in [0.2, 0.25) is 0 Å². The molecule has 0 spiro atoms. The smallest absolute Gasteiger partial charge is 0.160 e. The van der Waals surface area contributed by atoms with Crippen LogP contribution in [0, 0.1) is 0 Å². The Morgan fingerprint density at radius 1 is 1.33 bits per heavy atom. The van der Waals surface area contributed by atoms with Crippen molar-refractivity contribution in [3.63, 3.8) is 0 Å². The number of hydrogen-bond donors (Lipinski definition) is 1. The van der Waals surface area contributed by atoms with Gasteiger partial charge >= 0.3 is 0 Å². The molecular formula is C16H18N4S. The van der Waals surface area contributed by atoms with Gasteiger partial charge in [0.2, 0.25) is 0 Å². The summed E-state index contributed by atoms with van der Waals surface area (Å²) in [7, 11) is 0. The molecule has 0 amide bonds. The Labute approximate surface area is 127 Å². The third-order valence-corrected chi connectivity index (χ3v) is 4.93. The first-order valence-electron chi connectivity index (χ1n) is 7.46. The summed E-state index contributed by atoms with van der Waals surface area (Å²) < 4.78 is 2.28. The largest absolute Gasteiger partial charge is 0.314 e. The van der Waals surface area contributed by atoms with E-state index in [2.05, 4.69) is 38.4 Å². The van der Waals surface area contributed by atoms with E-state index in [9.17, 15) is 0 Å². The molecule has 1 aliphatic rings. The predicted molar refractivity (Wildman–Crippen MR) is 85.7 cm³/mol. The van der Waals surface area contributed by atoms with Gasteiger partial charge in [0.1, 0.15) is 11.3 Å². The molecule has 1 saturated heterocycles. The number of pyridine rings is 1. The van der Waals surface area contributed by atoms with Gasteiger partial charge in [-0.15, -0.1) is 11.3 Å². The number of aromatic nitrogens is 3. The van der Waals surface area contributed by atoms with Crippen LogP contribution in [-0.4, -0.2) is 27.1 Å². The normalized spacial score (nSPS) is 18.6. The SMILES string of the molecule is c1csc(Cn2c(CC3CCCN3)nc3cccnc32)c1. The molecule has 4 nitrogen and oxygen atoms in total. The van der Waals surface area contributed by atoms with Crippen LogP contribution in [0.25, 0.3) is 11.2 Å². The van der Waals surface area contributed by atoms with E-state index in [1.165, 1.54) is 17.7 Å². The van der Waals surface area contributed by atoms with Gasteiger partial charge in [0.05, 0.1) is 6.54 Å². The Kier molecular flexibility index (Phi) is 3.45. The molecule has 4 rings (SSSR count). The van der Waals surface area contributed by atoms with Gasteiger partial charge in [0.25, 0.3) is 0 Å². The zero-order valence-electron chi connectivity index (χ0n) is 11.8. The highest BCUT2D eigenvalue weighted by Crippen LogP contribution is 2.20. The lowest BCUT2D eigenvalue weighted by Crippen LogP contribution is -2.25. The maximum atomic E-state index is 4.82. The molecule has 1 unspecified atom stereocenters. The summed E-state index contributed by atoms with van der Waals surface area (Å²) in [5, 5.41) is 5.69. The van der Waals surface area contributed by atoms with E-state index in [1.807, 2.05) is 12.3 Å². The van der Waals surface area contributed by atoms with Crippen molar-refractivity contribution in [2.75, 3.05) is 6.54 Å². The molecule has 0 bridgehead atoms.